The normalized spacial score (nSPS) is 19.9. The number of hydrogen-bond donors (Lipinski definition) is 2. The number of carbonyl (C=O) groups excluding carboxylic acids is 1. The van der Waals surface area contributed by atoms with Crippen molar-refractivity contribution in [3.8, 4) is 0 Å². The summed E-state index contributed by atoms with van der Waals surface area (Å²) in [6, 6.07) is 0. The standard InChI is InChI=1S/C15H30N2O3/c1-12(2)8-13(10-16)9-14(18)17(3)11-15(19)4-6-20-7-5-15/h12-13,19H,4-11,16H2,1-3H3. The van der Waals surface area contributed by atoms with Crippen LogP contribution in [0.15, 0.2) is 0 Å². The first-order valence-electron chi connectivity index (χ1n) is 7.60. The van der Waals surface area contributed by atoms with Crippen LogP contribution < -0.4 is 5.73 Å². The molecule has 1 unspecified atom stereocenters. The van der Waals surface area contributed by atoms with Gasteiger partial charge in [0.15, 0.2) is 0 Å². The van der Waals surface area contributed by atoms with E-state index in [0.29, 0.717) is 51.5 Å². The summed E-state index contributed by atoms with van der Waals surface area (Å²) >= 11 is 0. The molecule has 1 atom stereocenters. The van der Waals surface area contributed by atoms with E-state index in [1.807, 2.05) is 0 Å². The van der Waals surface area contributed by atoms with Crippen LogP contribution in [0.3, 0.4) is 0 Å². The molecular weight excluding hydrogens is 256 g/mol. The zero-order valence-corrected chi connectivity index (χ0v) is 13.1. The Balaban J connectivity index is 2.45. The van der Waals surface area contributed by atoms with Crippen LogP contribution in [0.4, 0.5) is 0 Å². The van der Waals surface area contributed by atoms with Gasteiger partial charge in [-0.2, -0.15) is 0 Å². The molecule has 0 aliphatic carbocycles. The highest BCUT2D eigenvalue weighted by Crippen LogP contribution is 2.22. The Labute approximate surface area is 122 Å². The number of nitrogens with two attached hydrogens (primary N) is 1. The summed E-state index contributed by atoms with van der Waals surface area (Å²) in [4.78, 5) is 13.9. The smallest absolute Gasteiger partial charge is 0.222 e. The highest BCUT2D eigenvalue weighted by atomic mass is 16.5. The van der Waals surface area contributed by atoms with Crippen LogP contribution in [0, 0.1) is 11.8 Å². The average molecular weight is 286 g/mol. The first kappa shape index (κ1) is 17.4. The number of likely N-dealkylation sites (N-methyl/N-ethyl adjacent to an activating group) is 1. The Morgan fingerprint density at radius 3 is 2.50 bits per heavy atom. The lowest BCUT2D eigenvalue weighted by molar-refractivity contribution is -0.137. The van der Waals surface area contributed by atoms with E-state index in [1.165, 1.54) is 0 Å². The number of hydrogen-bond acceptors (Lipinski definition) is 4. The summed E-state index contributed by atoms with van der Waals surface area (Å²) in [5.41, 5.74) is 4.95. The monoisotopic (exact) mass is 286 g/mol. The van der Waals surface area contributed by atoms with Gasteiger partial charge < -0.3 is 20.5 Å². The quantitative estimate of drug-likeness (QED) is 0.732. The molecule has 0 aromatic carbocycles. The fraction of sp³-hybridized carbons (Fsp3) is 0.933. The molecule has 0 aromatic rings. The number of rotatable bonds is 7. The molecule has 3 N–H and O–H groups in total. The molecule has 0 bridgehead atoms. The largest absolute Gasteiger partial charge is 0.388 e. The molecule has 1 fully saturated rings. The molecule has 1 amide bonds. The first-order valence-corrected chi connectivity index (χ1v) is 7.60. The van der Waals surface area contributed by atoms with Crippen molar-refractivity contribution in [1.82, 2.24) is 4.90 Å². The molecular formula is C15H30N2O3. The molecule has 118 valence electrons. The van der Waals surface area contributed by atoms with Crippen LogP contribution >= 0.6 is 0 Å². The van der Waals surface area contributed by atoms with Crippen molar-refractivity contribution in [1.29, 1.82) is 0 Å². The Morgan fingerprint density at radius 1 is 1.40 bits per heavy atom. The van der Waals surface area contributed by atoms with Gasteiger partial charge in [-0.15, -0.1) is 0 Å². The second kappa shape index (κ2) is 7.96. The lowest BCUT2D eigenvalue weighted by atomic mass is 9.92. The Hall–Kier alpha value is -0.650. The molecule has 5 heteroatoms. The van der Waals surface area contributed by atoms with Gasteiger partial charge >= 0.3 is 0 Å². The van der Waals surface area contributed by atoms with Crippen LogP contribution in [-0.2, 0) is 9.53 Å². The molecule has 0 spiro atoms. The van der Waals surface area contributed by atoms with E-state index in [9.17, 15) is 9.90 Å². The predicted octanol–water partition coefficient (Wildman–Crippen LogP) is 0.997. The van der Waals surface area contributed by atoms with E-state index in [2.05, 4.69) is 13.8 Å². The molecule has 5 nitrogen and oxygen atoms in total. The second-order valence-electron chi connectivity index (χ2n) is 6.52. The van der Waals surface area contributed by atoms with E-state index in [0.717, 1.165) is 6.42 Å². The summed E-state index contributed by atoms with van der Waals surface area (Å²) in [5.74, 6) is 0.844. The third-order valence-corrected chi connectivity index (χ3v) is 3.98. The van der Waals surface area contributed by atoms with Crippen molar-refractivity contribution in [2.45, 2.75) is 45.1 Å². The van der Waals surface area contributed by atoms with Gasteiger partial charge in [-0.1, -0.05) is 13.8 Å². The van der Waals surface area contributed by atoms with Gasteiger partial charge in [0.1, 0.15) is 0 Å². The molecule has 20 heavy (non-hydrogen) atoms. The second-order valence-corrected chi connectivity index (χ2v) is 6.52. The molecule has 1 saturated heterocycles. The Kier molecular flexibility index (Phi) is 6.92. The van der Waals surface area contributed by atoms with Crippen molar-refractivity contribution < 1.29 is 14.6 Å². The van der Waals surface area contributed by atoms with Crippen molar-refractivity contribution in [3.05, 3.63) is 0 Å². The summed E-state index contributed by atoms with van der Waals surface area (Å²) < 4.78 is 5.25. The molecule has 0 aromatic heterocycles. The van der Waals surface area contributed by atoms with Crippen molar-refractivity contribution in [3.63, 3.8) is 0 Å². The molecule has 0 saturated carbocycles. The van der Waals surface area contributed by atoms with E-state index < -0.39 is 5.60 Å². The van der Waals surface area contributed by atoms with Crippen LogP contribution in [0.25, 0.3) is 0 Å². The minimum Gasteiger partial charge on any atom is -0.388 e. The highest BCUT2D eigenvalue weighted by Gasteiger charge is 2.32. The minimum absolute atomic E-state index is 0.0704. The van der Waals surface area contributed by atoms with Gasteiger partial charge in [-0.25, -0.2) is 0 Å². The molecule has 0 radical (unpaired) electrons. The molecule has 1 aliphatic rings. The third kappa shape index (κ3) is 5.77. The zero-order chi connectivity index (χ0) is 15.2. The van der Waals surface area contributed by atoms with Gasteiger partial charge in [0.05, 0.1) is 5.60 Å². The number of carbonyl (C=O) groups is 1. The highest BCUT2D eigenvalue weighted by molar-refractivity contribution is 5.76. The predicted molar refractivity (Wildman–Crippen MR) is 79.3 cm³/mol. The minimum atomic E-state index is -0.793. The van der Waals surface area contributed by atoms with Crippen LogP contribution in [-0.4, -0.2) is 54.9 Å². The molecule has 1 heterocycles. The van der Waals surface area contributed by atoms with Gasteiger partial charge in [0.25, 0.3) is 0 Å². The maximum Gasteiger partial charge on any atom is 0.222 e. The Morgan fingerprint density at radius 2 is 2.00 bits per heavy atom. The third-order valence-electron chi connectivity index (χ3n) is 3.98. The van der Waals surface area contributed by atoms with Gasteiger partial charge in [0, 0.05) is 46.1 Å². The van der Waals surface area contributed by atoms with E-state index in [4.69, 9.17) is 10.5 Å². The van der Waals surface area contributed by atoms with Crippen molar-refractivity contribution >= 4 is 5.91 Å². The van der Waals surface area contributed by atoms with E-state index in [1.54, 1.807) is 11.9 Å². The summed E-state index contributed by atoms with van der Waals surface area (Å²) in [6.45, 7) is 6.34. The number of nitrogens with zero attached hydrogens (tertiary/aromatic N) is 1. The maximum absolute atomic E-state index is 12.2. The topological polar surface area (TPSA) is 75.8 Å². The van der Waals surface area contributed by atoms with Crippen molar-refractivity contribution in [2.75, 3.05) is 33.4 Å². The molecule has 1 aliphatic heterocycles. The maximum atomic E-state index is 12.2. The van der Waals surface area contributed by atoms with Gasteiger partial charge in [0.2, 0.25) is 5.91 Å². The fourth-order valence-electron chi connectivity index (χ4n) is 2.77. The van der Waals surface area contributed by atoms with Crippen molar-refractivity contribution in [2.24, 2.45) is 17.6 Å². The summed E-state index contributed by atoms with van der Waals surface area (Å²) in [6.07, 6.45) is 2.62. The lowest BCUT2D eigenvalue weighted by Crippen LogP contribution is -2.47. The van der Waals surface area contributed by atoms with E-state index in [-0.39, 0.29) is 11.8 Å². The summed E-state index contributed by atoms with van der Waals surface area (Å²) in [7, 11) is 1.76. The Bertz CT molecular complexity index is 301. The number of ether oxygens (including phenoxy) is 1. The first-order chi connectivity index (χ1) is 9.36. The lowest BCUT2D eigenvalue weighted by Gasteiger charge is -2.35. The fourth-order valence-corrected chi connectivity index (χ4v) is 2.77. The summed E-state index contributed by atoms with van der Waals surface area (Å²) in [5, 5.41) is 10.4. The molecule has 1 rings (SSSR count). The van der Waals surface area contributed by atoms with Crippen LogP contribution in [0.1, 0.15) is 39.5 Å². The SMILES string of the molecule is CC(C)CC(CN)CC(=O)N(C)CC1(O)CCOCC1. The van der Waals surface area contributed by atoms with Gasteiger partial charge in [-0.05, 0) is 24.8 Å². The van der Waals surface area contributed by atoms with Crippen LogP contribution in [0.2, 0.25) is 0 Å². The van der Waals surface area contributed by atoms with Crippen LogP contribution in [0.5, 0.6) is 0 Å². The van der Waals surface area contributed by atoms with E-state index >= 15 is 0 Å². The van der Waals surface area contributed by atoms with Gasteiger partial charge in [-0.3, -0.25) is 4.79 Å². The number of amides is 1. The number of aliphatic hydroxyl groups is 1. The zero-order valence-electron chi connectivity index (χ0n) is 13.1. The average Bonchev–Trinajstić information content (AvgIpc) is 2.37.